The van der Waals surface area contributed by atoms with Crippen molar-refractivity contribution >= 4 is 27.4 Å². The Balaban J connectivity index is 1.34. The highest BCUT2D eigenvalue weighted by atomic mass is 32.2. The fraction of sp³-hybridized carbons (Fsp3) is 0.320. The number of piperazine rings is 1. The van der Waals surface area contributed by atoms with Crippen molar-refractivity contribution in [1.29, 1.82) is 0 Å². The van der Waals surface area contributed by atoms with Gasteiger partial charge < -0.3 is 9.47 Å². The zero-order valence-electron chi connectivity index (χ0n) is 19.4. The zero-order chi connectivity index (χ0) is 24.0. The van der Waals surface area contributed by atoms with Crippen LogP contribution in [0, 0.1) is 0 Å². The smallest absolute Gasteiger partial charge is 0.236 e. The van der Waals surface area contributed by atoms with Crippen LogP contribution in [0.5, 0.6) is 11.5 Å². The van der Waals surface area contributed by atoms with Gasteiger partial charge in [0.1, 0.15) is 5.01 Å². The molecule has 1 aliphatic heterocycles. The molecule has 0 radical (unpaired) electrons. The Bertz CT molecular complexity index is 1220. The Labute approximate surface area is 205 Å². The molecule has 1 fully saturated rings. The molecule has 0 saturated carbocycles. The quantitative estimate of drug-likeness (QED) is 0.436. The normalized spacial score (nSPS) is 15.6. The second kappa shape index (κ2) is 11.1. The molecule has 2 aromatic carbocycles. The fourth-order valence-corrected chi connectivity index (χ4v) is 5.75. The van der Waals surface area contributed by atoms with Crippen molar-refractivity contribution < 1.29 is 17.9 Å². The molecule has 34 heavy (non-hydrogen) atoms. The number of hydrogen-bond donors (Lipinski definition) is 0. The summed E-state index contributed by atoms with van der Waals surface area (Å²) in [6.45, 7) is 5.48. The van der Waals surface area contributed by atoms with Gasteiger partial charge in [-0.2, -0.15) is 4.31 Å². The molecular formula is C25H29N3O4S2. The highest BCUT2D eigenvalue weighted by molar-refractivity contribution is 7.92. The van der Waals surface area contributed by atoms with E-state index < -0.39 is 10.0 Å². The van der Waals surface area contributed by atoms with Crippen molar-refractivity contribution in [3.63, 3.8) is 0 Å². The van der Waals surface area contributed by atoms with Crippen molar-refractivity contribution in [2.45, 2.75) is 13.5 Å². The number of ether oxygens (including phenoxy) is 2. The average molecular weight is 500 g/mol. The molecular weight excluding hydrogens is 470 g/mol. The van der Waals surface area contributed by atoms with Crippen LogP contribution < -0.4 is 9.47 Å². The summed E-state index contributed by atoms with van der Waals surface area (Å²) in [6.07, 6.45) is 1.65. The first kappa shape index (κ1) is 24.4. The summed E-state index contributed by atoms with van der Waals surface area (Å²) in [6, 6.07) is 15.3. The van der Waals surface area contributed by atoms with Gasteiger partial charge in [0.25, 0.3) is 0 Å². The number of nitrogens with zero attached hydrogens (tertiary/aromatic N) is 3. The van der Waals surface area contributed by atoms with Gasteiger partial charge in [-0.15, -0.1) is 11.3 Å². The SMILES string of the molecule is CCOc1ccc(-c2nc(CN3CCN(S(=O)(=O)/C=C/c4ccccc4)CC3)cs2)cc1OC. The van der Waals surface area contributed by atoms with Crippen molar-refractivity contribution in [1.82, 2.24) is 14.2 Å². The molecule has 180 valence electrons. The molecule has 0 aliphatic carbocycles. The zero-order valence-corrected chi connectivity index (χ0v) is 21.0. The van der Waals surface area contributed by atoms with Gasteiger partial charge >= 0.3 is 0 Å². The van der Waals surface area contributed by atoms with Gasteiger partial charge in [-0.1, -0.05) is 30.3 Å². The lowest BCUT2D eigenvalue weighted by Crippen LogP contribution is -2.47. The number of thiazole rings is 1. The minimum absolute atomic E-state index is 0.467. The third-order valence-corrected chi connectivity index (χ3v) is 8.08. The van der Waals surface area contributed by atoms with Gasteiger partial charge in [-0.3, -0.25) is 4.90 Å². The van der Waals surface area contributed by atoms with Gasteiger partial charge in [-0.25, -0.2) is 13.4 Å². The van der Waals surface area contributed by atoms with Crippen LogP contribution in [0.25, 0.3) is 16.6 Å². The van der Waals surface area contributed by atoms with Crippen molar-refractivity contribution in [3.05, 3.63) is 70.6 Å². The van der Waals surface area contributed by atoms with Crippen molar-refractivity contribution in [3.8, 4) is 22.1 Å². The Morgan fingerprint density at radius 1 is 1.06 bits per heavy atom. The first-order valence-electron chi connectivity index (χ1n) is 11.2. The fourth-order valence-electron chi connectivity index (χ4n) is 3.77. The summed E-state index contributed by atoms with van der Waals surface area (Å²) in [4.78, 5) is 7.03. The lowest BCUT2D eigenvalue weighted by Gasteiger charge is -2.32. The van der Waals surface area contributed by atoms with Gasteiger partial charge in [-0.05, 0) is 36.8 Å². The maximum absolute atomic E-state index is 12.7. The summed E-state index contributed by atoms with van der Waals surface area (Å²) < 4.78 is 38.0. The highest BCUT2D eigenvalue weighted by Crippen LogP contribution is 2.34. The number of sulfonamides is 1. The second-order valence-electron chi connectivity index (χ2n) is 7.88. The molecule has 2 heterocycles. The van der Waals surface area contributed by atoms with E-state index in [-0.39, 0.29) is 0 Å². The molecule has 0 atom stereocenters. The van der Waals surface area contributed by atoms with E-state index in [0.717, 1.165) is 27.6 Å². The molecule has 0 N–H and O–H groups in total. The molecule has 0 unspecified atom stereocenters. The molecule has 3 aromatic rings. The van der Waals surface area contributed by atoms with Gasteiger partial charge in [0.2, 0.25) is 10.0 Å². The van der Waals surface area contributed by atoms with E-state index in [4.69, 9.17) is 14.5 Å². The molecule has 1 aromatic heterocycles. The summed E-state index contributed by atoms with van der Waals surface area (Å²) in [5.74, 6) is 1.41. The Morgan fingerprint density at radius 2 is 1.82 bits per heavy atom. The highest BCUT2D eigenvalue weighted by Gasteiger charge is 2.25. The number of methoxy groups -OCH3 is 1. The predicted molar refractivity (Wildman–Crippen MR) is 137 cm³/mol. The molecule has 1 aliphatic rings. The topological polar surface area (TPSA) is 72.0 Å². The second-order valence-corrected chi connectivity index (χ2v) is 10.6. The Hall–Kier alpha value is -2.72. The van der Waals surface area contributed by atoms with Crippen LogP contribution in [0.2, 0.25) is 0 Å². The van der Waals surface area contributed by atoms with Gasteiger partial charge in [0.15, 0.2) is 11.5 Å². The van der Waals surface area contributed by atoms with Crippen LogP contribution in [0.4, 0.5) is 0 Å². The van der Waals surface area contributed by atoms with Crippen LogP contribution in [0.15, 0.2) is 59.3 Å². The summed E-state index contributed by atoms with van der Waals surface area (Å²) in [5, 5.41) is 4.28. The lowest BCUT2D eigenvalue weighted by atomic mass is 10.2. The Kier molecular flexibility index (Phi) is 7.99. The Morgan fingerprint density at radius 3 is 2.53 bits per heavy atom. The van der Waals surface area contributed by atoms with Gasteiger partial charge in [0, 0.05) is 49.1 Å². The number of hydrogen-bond acceptors (Lipinski definition) is 7. The van der Waals surface area contributed by atoms with Crippen molar-refractivity contribution in [2.75, 3.05) is 39.9 Å². The van der Waals surface area contributed by atoms with Gasteiger partial charge in [0.05, 0.1) is 19.4 Å². The number of aromatic nitrogens is 1. The third-order valence-electron chi connectivity index (χ3n) is 5.57. The lowest BCUT2D eigenvalue weighted by molar-refractivity contribution is 0.181. The molecule has 4 rings (SSSR count). The number of benzene rings is 2. The molecule has 7 nitrogen and oxygen atoms in total. The molecule has 1 saturated heterocycles. The van der Waals surface area contributed by atoms with E-state index in [2.05, 4.69) is 10.3 Å². The van der Waals surface area contributed by atoms with Crippen molar-refractivity contribution in [2.24, 2.45) is 0 Å². The first-order chi connectivity index (χ1) is 16.5. The summed E-state index contributed by atoms with van der Waals surface area (Å²) >= 11 is 1.59. The van der Waals surface area contributed by atoms with E-state index in [9.17, 15) is 8.42 Å². The average Bonchev–Trinajstić information content (AvgIpc) is 3.33. The third kappa shape index (κ3) is 6.04. The molecule has 0 spiro atoms. The van der Waals surface area contributed by atoms with Crippen LogP contribution in [-0.4, -0.2) is 62.5 Å². The number of rotatable bonds is 9. The summed E-state index contributed by atoms with van der Waals surface area (Å²) in [7, 11) is -1.80. The maximum Gasteiger partial charge on any atom is 0.236 e. The monoisotopic (exact) mass is 499 g/mol. The van der Waals surface area contributed by atoms with E-state index in [0.29, 0.717) is 45.1 Å². The van der Waals surface area contributed by atoms with Crippen LogP contribution in [0.3, 0.4) is 0 Å². The van der Waals surface area contributed by atoms with E-state index in [1.807, 2.05) is 55.5 Å². The predicted octanol–water partition coefficient (Wildman–Crippen LogP) is 4.34. The van der Waals surface area contributed by atoms with E-state index in [1.54, 1.807) is 28.8 Å². The molecule has 9 heteroatoms. The van der Waals surface area contributed by atoms with Crippen LogP contribution >= 0.6 is 11.3 Å². The standard InChI is InChI=1S/C25H29N3O4S2/c1-3-32-23-10-9-21(17-24(23)31-2)25-26-22(19-33-25)18-27-12-14-28(15-13-27)34(29,30)16-11-20-7-5-4-6-8-20/h4-11,16-17,19H,3,12-15,18H2,1-2H3/b16-11+. The first-order valence-corrected chi connectivity index (χ1v) is 13.6. The minimum atomic E-state index is -3.43. The minimum Gasteiger partial charge on any atom is -0.493 e. The van der Waals surface area contributed by atoms with E-state index in [1.165, 1.54) is 5.41 Å². The molecule has 0 bridgehead atoms. The maximum atomic E-state index is 12.7. The van der Waals surface area contributed by atoms with Crippen LogP contribution in [-0.2, 0) is 16.6 Å². The largest absolute Gasteiger partial charge is 0.493 e. The summed E-state index contributed by atoms with van der Waals surface area (Å²) in [5.41, 5.74) is 2.83. The van der Waals surface area contributed by atoms with E-state index >= 15 is 0 Å². The van der Waals surface area contributed by atoms with Crippen LogP contribution in [0.1, 0.15) is 18.2 Å². The molecule has 0 amide bonds.